The first-order valence-corrected chi connectivity index (χ1v) is 5.29. The van der Waals surface area contributed by atoms with E-state index in [1.165, 1.54) is 0 Å². The Morgan fingerprint density at radius 2 is 2.33 bits per heavy atom. The van der Waals surface area contributed by atoms with Gasteiger partial charge in [-0.15, -0.1) is 0 Å². The van der Waals surface area contributed by atoms with Crippen molar-refractivity contribution in [2.24, 2.45) is 13.0 Å². The van der Waals surface area contributed by atoms with E-state index < -0.39 is 5.97 Å². The van der Waals surface area contributed by atoms with E-state index in [9.17, 15) is 4.79 Å². The smallest absolute Gasteiger partial charge is 0.306 e. The summed E-state index contributed by atoms with van der Waals surface area (Å²) in [7, 11) is 1.90. The number of aliphatic carboxylic acids is 1. The number of aromatic nitrogens is 2. The molecule has 1 aromatic rings. The fourth-order valence-electron chi connectivity index (χ4n) is 1.47. The number of rotatable bonds is 5. The highest BCUT2D eigenvalue weighted by molar-refractivity contribution is 5.69. The molecule has 0 aromatic carbocycles. The van der Waals surface area contributed by atoms with Crippen LogP contribution in [0.1, 0.15) is 31.7 Å². The standard InChI is InChI=1S/C11H18N2O2/c1-4-9-7-10(13(3)12-9)6-5-8(2)11(14)15/h7-8H,4-6H2,1-3H3,(H,14,15). The predicted octanol–water partition coefficient (Wildman–Crippen LogP) is 1.64. The maximum Gasteiger partial charge on any atom is 0.306 e. The highest BCUT2D eigenvalue weighted by atomic mass is 16.4. The van der Waals surface area contributed by atoms with E-state index in [0.717, 1.165) is 24.2 Å². The van der Waals surface area contributed by atoms with E-state index in [2.05, 4.69) is 18.1 Å². The van der Waals surface area contributed by atoms with Crippen LogP contribution in [0, 0.1) is 5.92 Å². The van der Waals surface area contributed by atoms with Gasteiger partial charge in [-0.2, -0.15) is 5.10 Å². The SMILES string of the molecule is CCc1cc(CCC(C)C(=O)O)n(C)n1. The van der Waals surface area contributed by atoms with Crippen LogP contribution in [-0.2, 0) is 24.7 Å². The lowest BCUT2D eigenvalue weighted by molar-refractivity contribution is -0.141. The second-order valence-corrected chi connectivity index (χ2v) is 3.88. The molecule has 1 unspecified atom stereocenters. The Labute approximate surface area is 89.9 Å². The number of aryl methyl sites for hydroxylation is 3. The zero-order valence-electron chi connectivity index (χ0n) is 9.53. The summed E-state index contributed by atoms with van der Waals surface area (Å²) in [6.07, 6.45) is 2.36. The topological polar surface area (TPSA) is 55.1 Å². The molecule has 0 saturated carbocycles. The zero-order chi connectivity index (χ0) is 11.4. The van der Waals surface area contributed by atoms with Gasteiger partial charge in [-0.1, -0.05) is 13.8 Å². The van der Waals surface area contributed by atoms with Crippen LogP contribution in [-0.4, -0.2) is 20.9 Å². The molecule has 0 aliphatic rings. The molecule has 1 N–H and O–H groups in total. The van der Waals surface area contributed by atoms with E-state index in [1.54, 1.807) is 6.92 Å². The van der Waals surface area contributed by atoms with E-state index in [0.29, 0.717) is 6.42 Å². The highest BCUT2D eigenvalue weighted by Crippen LogP contribution is 2.11. The first-order chi connectivity index (χ1) is 7.04. The molecule has 4 heteroatoms. The molecule has 0 fully saturated rings. The lowest BCUT2D eigenvalue weighted by Crippen LogP contribution is -2.11. The third kappa shape index (κ3) is 3.08. The molecule has 15 heavy (non-hydrogen) atoms. The molecule has 1 aromatic heterocycles. The lowest BCUT2D eigenvalue weighted by atomic mass is 10.0. The van der Waals surface area contributed by atoms with Gasteiger partial charge in [-0.25, -0.2) is 0 Å². The van der Waals surface area contributed by atoms with Crippen LogP contribution >= 0.6 is 0 Å². The van der Waals surface area contributed by atoms with Gasteiger partial charge in [0, 0.05) is 12.7 Å². The van der Waals surface area contributed by atoms with Crippen LogP contribution in [0.3, 0.4) is 0 Å². The Bertz CT molecular complexity index is 344. The average molecular weight is 210 g/mol. The van der Waals surface area contributed by atoms with Gasteiger partial charge >= 0.3 is 5.97 Å². The third-order valence-corrected chi connectivity index (χ3v) is 2.64. The molecular formula is C11H18N2O2. The zero-order valence-corrected chi connectivity index (χ0v) is 9.53. The molecule has 4 nitrogen and oxygen atoms in total. The first kappa shape index (κ1) is 11.8. The number of carboxylic acids is 1. The minimum atomic E-state index is -0.729. The molecule has 0 radical (unpaired) electrons. The summed E-state index contributed by atoms with van der Waals surface area (Å²) in [5, 5.41) is 13.1. The van der Waals surface area contributed by atoms with Crippen molar-refractivity contribution < 1.29 is 9.90 Å². The molecule has 0 spiro atoms. The molecular weight excluding hydrogens is 192 g/mol. The summed E-state index contributed by atoms with van der Waals surface area (Å²) in [4.78, 5) is 10.6. The molecule has 0 aliphatic carbocycles. The summed E-state index contributed by atoms with van der Waals surface area (Å²) < 4.78 is 1.84. The first-order valence-electron chi connectivity index (χ1n) is 5.29. The number of carboxylic acid groups (broad SMARTS) is 1. The highest BCUT2D eigenvalue weighted by Gasteiger charge is 2.12. The Balaban J connectivity index is 2.57. The molecule has 0 saturated heterocycles. The second-order valence-electron chi connectivity index (χ2n) is 3.88. The Kier molecular flexibility index (Phi) is 3.88. The van der Waals surface area contributed by atoms with Crippen molar-refractivity contribution in [1.29, 1.82) is 0 Å². The number of nitrogens with zero attached hydrogens (tertiary/aromatic N) is 2. The van der Waals surface area contributed by atoms with Crippen LogP contribution in [0.5, 0.6) is 0 Å². The van der Waals surface area contributed by atoms with Gasteiger partial charge < -0.3 is 5.11 Å². The van der Waals surface area contributed by atoms with Gasteiger partial charge in [0.05, 0.1) is 11.6 Å². The molecule has 0 amide bonds. The number of carbonyl (C=O) groups is 1. The van der Waals surface area contributed by atoms with Crippen LogP contribution < -0.4 is 0 Å². The third-order valence-electron chi connectivity index (χ3n) is 2.64. The van der Waals surface area contributed by atoms with Crippen LogP contribution in [0.15, 0.2) is 6.07 Å². The van der Waals surface area contributed by atoms with Crippen molar-refractivity contribution in [2.75, 3.05) is 0 Å². The Morgan fingerprint density at radius 3 is 2.80 bits per heavy atom. The Morgan fingerprint density at radius 1 is 1.67 bits per heavy atom. The molecule has 84 valence electrons. The van der Waals surface area contributed by atoms with Crippen molar-refractivity contribution in [1.82, 2.24) is 9.78 Å². The van der Waals surface area contributed by atoms with Crippen molar-refractivity contribution in [3.63, 3.8) is 0 Å². The van der Waals surface area contributed by atoms with Gasteiger partial charge in [0.25, 0.3) is 0 Å². The van der Waals surface area contributed by atoms with E-state index in [-0.39, 0.29) is 5.92 Å². The summed E-state index contributed by atoms with van der Waals surface area (Å²) in [6.45, 7) is 3.80. The van der Waals surface area contributed by atoms with Gasteiger partial charge in [-0.05, 0) is 25.3 Å². The van der Waals surface area contributed by atoms with Crippen molar-refractivity contribution in [3.8, 4) is 0 Å². The number of hydrogen-bond donors (Lipinski definition) is 1. The van der Waals surface area contributed by atoms with Gasteiger partial charge in [0.1, 0.15) is 0 Å². The Hall–Kier alpha value is -1.32. The largest absolute Gasteiger partial charge is 0.481 e. The normalized spacial score (nSPS) is 12.7. The second kappa shape index (κ2) is 4.96. The van der Waals surface area contributed by atoms with Crippen LogP contribution in [0.2, 0.25) is 0 Å². The quantitative estimate of drug-likeness (QED) is 0.803. The number of hydrogen-bond acceptors (Lipinski definition) is 2. The van der Waals surface area contributed by atoms with Gasteiger partial charge in [0.15, 0.2) is 0 Å². The fraction of sp³-hybridized carbons (Fsp3) is 0.636. The van der Waals surface area contributed by atoms with E-state index in [1.807, 2.05) is 11.7 Å². The summed E-state index contributed by atoms with van der Waals surface area (Å²) >= 11 is 0. The maximum absolute atomic E-state index is 10.6. The van der Waals surface area contributed by atoms with Crippen molar-refractivity contribution in [3.05, 3.63) is 17.5 Å². The molecule has 0 aliphatic heterocycles. The summed E-state index contributed by atoms with van der Waals surface area (Å²) in [5.74, 6) is -1.02. The molecule has 1 rings (SSSR count). The van der Waals surface area contributed by atoms with E-state index in [4.69, 9.17) is 5.11 Å². The van der Waals surface area contributed by atoms with Crippen LogP contribution in [0.25, 0.3) is 0 Å². The van der Waals surface area contributed by atoms with Gasteiger partial charge in [-0.3, -0.25) is 9.48 Å². The molecule has 1 atom stereocenters. The monoisotopic (exact) mass is 210 g/mol. The lowest BCUT2D eigenvalue weighted by Gasteiger charge is -2.05. The van der Waals surface area contributed by atoms with Crippen LogP contribution in [0.4, 0.5) is 0 Å². The molecule has 1 heterocycles. The average Bonchev–Trinajstić information content (AvgIpc) is 2.55. The molecule has 0 bridgehead atoms. The fourth-order valence-corrected chi connectivity index (χ4v) is 1.47. The predicted molar refractivity (Wildman–Crippen MR) is 57.7 cm³/mol. The van der Waals surface area contributed by atoms with Crippen molar-refractivity contribution >= 4 is 5.97 Å². The van der Waals surface area contributed by atoms with E-state index >= 15 is 0 Å². The minimum Gasteiger partial charge on any atom is -0.481 e. The van der Waals surface area contributed by atoms with Crippen molar-refractivity contribution in [2.45, 2.75) is 33.1 Å². The summed E-state index contributed by atoms with van der Waals surface area (Å²) in [6, 6.07) is 2.05. The minimum absolute atomic E-state index is 0.287. The van der Waals surface area contributed by atoms with Gasteiger partial charge in [0.2, 0.25) is 0 Å². The summed E-state index contributed by atoms with van der Waals surface area (Å²) in [5.41, 5.74) is 2.18. The maximum atomic E-state index is 10.6.